The lowest BCUT2D eigenvalue weighted by Crippen LogP contribution is -2.42. The number of nitrogens with zero attached hydrogens (tertiary/aromatic N) is 2. The molecule has 4 rings (SSSR count). The molecule has 0 atom stereocenters. The van der Waals surface area contributed by atoms with Gasteiger partial charge in [0.2, 0.25) is 0 Å². The molecule has 150 valence electrons. The topological polar surface area (TPSA) is 24.7 Å². The minimum absolute atomic E-state index is 0.370. The number of benzene rings is 4. The van der Waals surface area contributed by atoms with Gasteiger partial charge in [0, 0.05) is 23.6 Å². The fourth-order valence-electron chi connectivity index (χ4n) is 3.50. The smallest absolute Gasteiger partial charge is 0.0797 e. The van der Waals surface area contributed by atoms with Crippen LogP contribution in [0, 0.1) is 0 Å². The predicted octanol–water partition coefficient (Wildman–Crippen LogP) is 7.09. The average Bonchev–Trinajstić information content (AvgIpc) is 2.76. The lowest BCUT2D eigenvalue weighted by atomic mass is 9.83. The van der Waals surface area contributed by atoms with E-state index in [1.807, 2.05) is 12.4 Å². The number of rotatable bonds is 5. The third kappa shape index (κ3) is 3.91. The lowest BCUT2D eigenvalue weighted by Gasteiger charge is -2.35. The molecule has 0 saturated carbocycles. The van der Waals surface area contributed by atoms with Crippen molar-refractivity contribution in [1.29, 1.82) is 0 Å². The molecular formula is C28H28N2. The van der Waals surface area contributed by atoms with Crippen molar-refractivity contribution >= 4 is 34.0 Å². The second-order valence-electron chi connectivity index (χ2n) is 8.77. The van der Waals surface area contributed by atoms with E-state index in [0.29, 0.717) is 0 Å². The Morgan fingerprint density at radius 2 is 0.867 bits per heavy atom. The summed E-state index contributed by atoms with van der Waals surface area (Å²) in [5.74, 6) is 0. The summed E-state index contributed by atoms with van der Waals surface area (Å²) in [7, 11) is 0. The largest absolute Gasteiger partial charge is 0.284 e. The summed E-state index contributed by atoms with van der Waals surface area (Å²) in [5, 5.41) is 4.90. The maximum atomic E-state index is 4.98. The van der Waals surface area contributed by atoms with Gasteiger partial charge in [0.1, 0.15) is 0 Å². The Morgan fingerprint density at radius 1 is 0.500 bits per heavy atom. The highest BCUT2D eigenvalue weighted by Gasteiger charge is 2.35. The zero-order valence-electron chi connectivity index (χ0n) is 18.1. The molecule has 0 radical (unpaired) electrons. The summed E-state index contributed by atoms with van der Waals surface area (Å²) in [6, 6.07) is 29.5. The molecule has 0 fully saturated rings. The maximum Gasteiger partial charge on any atom is 0.0797 e. The molecule has 0 spiro atoms. The van der Waals surface area contributed by atoms with E-state index in [2.05, 4.69) is 113 Å². The minimum Gasteiger partial charge on any atom is -0.284 e. The Kier molecular flexibility index (Phi) is 5.26. The van der Waals surface area contributed by atoms with Crippen molar-refractivity contribution < 1.29 is 0 Å². The van der Waals surface area contributed by atoms with Crippen molar-refractivity contribution in [2.45, 2.75) is 38.8 Å². The predicted molar refractivity (Wildman–Crippen MR) is 131 cm³/mol. The molecule has 0 aliphatic rings. The molecule has 4 aromatic carbocycles. The van der Waals surface area contributed by atoms with Gasteiger partial charge in [0.15, 0.2) is 0 Å². The Morgan fingerprint density at radius 3 is 1.30 bits per heavy atom. The third-order valence-corrected chi connectivity index (χ3v) is 6.20. The van der Waals surface area contributed by atoms with Gasteiger partial charge in [-0.05, 0) is 49.2 Å². The Hall–Kier alpha value is -3.26. The molecule has 2 nitrogen and oxygen atoms in total. The van der Waals surface area contributed by atoms with Gasteiger partial charge in [-0.1, -0.05) is 84.9 Å². The van der Waals surface area contributed by atoms with E-state index < -0.39 is 0 Å². The Bertz CT molecular complexity index is 1140. The second-order valence-corrected chi connectivity index (χ2v) is 8.77. The zero-order valence-corrected chi connectivity index (χ0v) is 18.1. The molecule has 0 heterocycles. The third-order valence-electron chi connectivity index (χ3n) is 6.20. The van der Waals surface area contributed by atoms with E-state index >= 15 is 0 Å². The average molecular weight is 393 g/mol. The van der Waals surface area contributed by atoms with Crippen LogP contribution in [0.4, 0.5) is 0 Å². The van der Waals surface area contributed by atoms with Crippen LogP contribution in [-0.4, -0.2) is 23.5 Å². The molecule has 0 aliphatic carbocycles. The van der Waals surface area contributed by atoms with Crippen LogP contribution in [0.5, 0.6) is 0 Å². The van der Waals surface area contributed by atoms with Crippen LogP contribution in [-0.2, 0) is 0 Å². The van der Waals surface area contributed by atoms with Gasteiger partial charge >= 0.3 is 0 Å². The summed E-state index contributed by atoms with van der Waals surface area (Å²) in [5.41, 5.74) is 1.53. The van der Waals surface area contributed by atoms with E-state index in [1.54, 1.807) is 0 Å². The van der Waals surface area contributed by atoms with Gasteiger partial charge in [0.05, 0.1) is 11.1 Å². The fraction of sp³-hybridized carbons (Fsp3) is 0.214. The van der Waals surface area contributed by atoms with Crippen LogP contribution < -0.4 is 0 Å². The Labute approximate surface area is 179 Å². The molecule has 0 unspecified atom stereocenters. The van der Waals surface area contributed by atoms with Crippen LogP contribution in [0.1, 0.15) is 38.8 Å². The SMILES string of the molecule is CC(C)(N=Cc1cccc2ccccc12)C(C)(C)N=Cc1cccc2ccccc12. The first-order chi connectivity index (χ1) is 14.4. The van der Waals surface area contributed by atoms with Crippen LogP contribution in [0.15, 0.2) is 94.9 Å². The standard InChI is InChI=1S/C28H28N2/c1-27(2,29-19-23-15-9-13-21-11-5-7-17-25(21)23)28(3,4)30-20-24-16-10-14-22-12-6-8-18-26(22)24/h5-20H,1-4H3. The summed E-state index contributed by atoms with van der Waals surface area (Å²) in [4.78, 5) is 9.97. The number of aliphatic imine (C=N–C) groups is 2. The van der Waals surface area contributed by atoms with Gasteiger partial charge in [-0.25, -0.2) is 0 Å². The van der Waals surface area contributed by atoms with Gasteiger partial charge in [-0.15, -0.1) is 0 Å². The number of hydrogen-bond acceptors (Lipinski definition) is 2. The van der Waals surface area contributed by atoms with Crippen molar-refractivity contribution in [2.24, 2.45) is 9.98 Å². The first-order valence-electron chi connectivity index (χ1n) is 10.4. The van der Waals surface area contributed by atoms with E-state index in [0.717, 1.165) is 11.1 Å². The van der Waals surface area contributed by atoms with E-state index in [-0.39, 0.29) is 11.1 Å². The lowest BCUT2D eigenvalue weighted by molar-refractivity contribution is 0.317. The van der Waals surface area contributed by atoms with Gasteiger partial charge in [0.25, 0.3) is 0 Å². The number of fused-ring (bicyclic) bond motifs is 2. The van der Waals surface area contributed by atoms with Crippen LogP contribution in [0.2, 0.25) is 0 Å². The van der Waals surface area contributed by atoms with E-state index in [4.69, 9.17) is 9.98 Å². The monoisotopic (exact) mass is 392 g/mol. The molecular weight excluding hydrogens is 364 g/mol. The summed E-state index contributed by atoms with van der Waals surface area (Å²) < 4.78 is 0. The molecule has 2 heteroatoms. The molecule has 0 aliphatic heterocycles. The zero-order chi connectivity index (χ0) is 21.2. The molecule has 0 N–H and O–H groups in total. The fourth-order valence-corrected chi connectivity index (χ4v) is 3.50. The van der Waals surface area contributed by atoms with Crippen molar-refractivity contribution in [3.05, 3.63) is 96.1 Å². The first kappa shape index (κ1) is 20.0. The summed E-state index contributed by atoms with van der Waals surface area (Å²) >= 11 is 0. The second kappa shape index (κ2) is 7.87. The molecule has 0 saturated heterocycles. The Balaban J connectivity index is 1.63. The van der Waals surface area contributed by atoms with Crippen LogP contribution in [0.25, 0.3) is 21.5 Å². The molecule has 0 amide bonds. The highest BCUT2D eigenvalue weighted by atomic mass is 15.0. The normalized spacial score (nSPS) is 13.1. The summed E-state index contributed by atoms with van der Waals surface area (Å²) in [6.07, 6.45) is 4.00. The highest BCUT2D eigenvalue weighted by Crippen LogP contribution is 2.30. The van der Waals surface area contributed by atoms with Crippen molar-refractivity contribution in [3.8, 4) is 0 Å². The molecule has 0 aromatic heterocycles. The van der Waals surface area contributed by atoms with Crippen molar-refractivity contribution in [1.82, 2.24) is 0 Å². The quantitative estimate of drug-likeness (QED) is 0.324. The molecule has 4 aromatic rings. The molecule has 0 bridgehead atoms. The maximum absolute atomic E-state index is 4.98. The minimum atomic E-state index is -0.370. The van der Waals surface area contributed by atoms with Crippen molar-refractivity contribution in [3.63, 3.8) is 0 Å². The van der Waals surface area contributed by atoms with Gasteiger partial charge < -0.3 is 0 Å². The first-order valence-corrected chi connectivity index (χ1v) is 10.4. The van der Waals surface area contributed by atoms with Crippen LogP contribution in [0.3, 0.4) is 0 Å². The highest BCUT2D eigenvalue weighted by molar-refractivity contribution is 6.00. The van der Waals surface area contributed by atoms with Crippen LogP contribution >= 0.6 is 0 Å². The number of hydrogen-bond donors (Lipinski definition) is 0. The van der Waals surface area contributed by atoms with Gasteiger partial charge in [-0.2, -0.15) is 0 Å². The van der Waals surface area contributed by atoms with Crippen molar-refractivity contribution in [2.75, 3.05) is 0 Å². The van der Waals surface area contributed by atoms with Gasteiger partial charge in [-0.3, -0.25) is 9.98 Å². The van der Waals surface area contributed by atoms with E-state index in [9.17, 15) is 0 Å². The summed E-state index contributed by atoms with van der Waals surface area (Å²) in [6.45, 7) is 8.59. The molecule has 30 heavy (non-hydrogen) atoms. The van der Waals surface area contributed by atoms with E-state index in [1.165, 1.54) is 21.5 Å².